The highest BCUT2D eigenvalue weighted by atomic mass is 19.3. The summed E-state index contributed by atoms with van der Waals surface area (Å²) < 4.78 is 28.7. The Morgan fingerprint density at radius 3 is 2.79 bits per heavy atom. The maximum atomic E-state index is 11.9. The minimum Gasteiger partial charge on any atom is -0.471 e. The van der Waals surface area contributed by atoms with E-state index in [2.05, 4.69) is 11.1 Å². The Hall–Kier alpha value is -1.19. The Labute approximate surface area is 81.9 Å². The Morgan fingerprint density at radius 2 is 2.21 bits per heavy atom. The lowest BCUT2D eigenvalue weighted by Gasteiger charge is -2.11. The molecule has 0 saturated carbocycles. The molecule has 1 aromatic heterocycles. The van der Waals surface area contributed by atoms with Crippen LogP contribution in [0.1, 0.15) is 25.3 Å². The lowest BCUT2D eigenvalue weighted by atomic mass is 10.1. The number of hydrogen-bond acceptors (Lipinski definition) is 2. The molecule has 77 valence electrons. The molecule has 1 radical (unpaired) electrons. The van der Waals surface area contributed by atoms with Crippen molar-refractivity contribution in [1.82, 2.24) is 4.98 Å². The van der Waals surface area contributed by atoms with Gasteiger partial charge in [-0.3, -0.25) is 0 Å². The van der Waals surface area contributed by atoms with Crippen LogP contribution >= 0.6 is 0 Å². The van der Waals surface area contributed by atoms with E-state index in [1.807, 2.05) is 13.8 Å². The number of alkyl halides is 2. The van der Waals surface area contributed by atoms with Gasteiger partial charge in [-0.2, -0.15) is 0 Å². The molecule has 0 N–H and O–H groups in total. The van der Waals surface area contributed by atoms with Gasteiger partial charge in [0.05, 0.1) is 0 Å². The molecule has 0 aliphatic rings. The summed E-state index contributed by atoms with van der Waals surface area (Å²) in [6.07, 6.45) is -1.06. The van der Waals surface area contributed by atoms with Gasteiger partial charge in [0.2, 0.25) is 5.88 Å². The topological polar surface area (TPSA) is 22.1 Å². The van der Waals surface area contributed by atoms with Gasteiger partial charge in [-0.15, -0.1) is 0 Å². The fourth-order valence-electron chi connectivity index (χ4n) is 1.04. The van der Waals surface area contributed by atoms with Gasteiger partial charge in [0, 0.05) is 17.8 Å². The summed E-state index contributed by atoms with van der Waals surface area (Å²) >= 11 is 0. The fraction of sp³-hybridized carbons (Fsp3) is 0.500. The first kappa shape index (κ1) is 10.9. The zero-order valence-electron chi connectivity index (χ0n) is 8.13. The lowest BCUT2D eigenvalue weighted by Crippen LogP contribution is -2.09. The Bertz CT molecular complexity index is 289. The van der Waals surface area contributed by atoms with E-state index in [1.54, 1.807) is 6.07 Å². The van der Waals surface area contributed by atoms with Crippen LogP contribution < -0.4 is 4.74 Å². The molecule has 0 fully saturated rings. The van der Waals surface area contributed by atoms with Crippen molar-refractivity contribution < 1.29 is 13.5 Å². The number of rotatable bonds is 4. The number of hydrogen-bond donors (Lipinski definition) is 0. The molecule has 0 unspecified atom stereocenters. The normalized spacial score (nSPS) is 11.0. The maximum Gasteiger partial charge on any atom is 0.272 e. The fourth-order valence-corrected chi connectivity index (χ4v) is 1.04. The third kappa shape index (κ3) is 2.94. The molecule has 0 atom stereocenters. The van der Waals surface area contributed by atoms with E-state index in [9.17, 15) is 8.78 Å². The highest BCUT2D eigenvalue weighted by Crippen LogP contribution is 2.23. The number of halogens is 2. The minimum absolute atomic E-state index is 0.188. The van der Waals surface area contributed by atoms with Crippen LogP contribution in [0, 0.1) is 6.07 Å². The zero-order chi connectivity index (χ0) is 10.6. The van der Waals surface area contributed by atoms with Gasteiger partial charge in [-0.05, 0) is 12.0 Å². The summed E-state index contributed by atoms with van der Waals surface area (Å²) in [5, 5.41) is 0. The number of aromatic nitrogens is 1. The van der Waals surface area contributed by atoms with Crippen molar-refractivity contribution in [3.05, 3.63) is 23.9 Å². The number of pyridine rings is 1. The molecule has 0 aromatic carbocycles. The summed E-state index contributed by atoms with van der Waals surface area (Å²) in [4.78, 5) is 3.86. The third-order valence-corrected chi connectivity index (χ3v) is 1.71. The molecule has 0 amide bonds. The largest absolute Gasteiger partial charge is 0.471 e. The first-order chi connectivity index (χ1) is 6.61. The van der Waals surface area contributed by atoms with E-state index in [0.717, 1.165) is 5.56 Å². The molecule has 0 saturated heterocycles. The number of nitrogens with zero attached hydrogens (tertiary/aromatic N) is 1. The molecule has 0 bridgehead atoms. The summed E-state index contributed by atoms with van der Waals surface area (Å²) in [5.41, 5.74) is 0.799. The molecule has 1 rings (SSSR count). The molecule has 0 spiro atoms. The van der Waals surface area contributed by atoms with Crippen LogP contribution in [0.4, 0.5) is 8.78 Å². The summed E-state index contributed by atoms with van der Waals surface area (Å²) in [5.74, 6) is 0.465. The predicted molar refractivity (Wildman–Crippen MR) is 48.7 cm³/mol. The van der Waals surface area contributed by atoms with Crippen molar-refractivity contribution in [3.8, 4) is 5.88 Å². The maximum absolute atomic E-state index is 11.9. The van der Waals surface area contributed by atoms with Crippen molar-refractivity contribution in [2.24, 2.45) is 0 Å². The van der Waals surface area contributed by atoms with Gasteiger partial charge in [0.25, 0.3) is 6.43 Å². The van der Waals surface area contributed by atoms with Gasteiger partial charge >= 0.3 is 0 Å². The van der Waals surface area contributed by atoms with Gasteiger partial charge in [0.15, 0.2) is 6.61 Å². The summed E-state index contributed by atoms with van der Waals surface area (Å²) in [6.45, 7) is 3.27. The van der Waals surface area contributed by atoms with Crippen molar-refractivity contribution in [2.75, 3.05) is 6.61 Å². The van der Waals surface area contributed by atoms with Gasteiger partial charge in [-0.25, -0.2) is 13.8 Å². The Morgan fingerprint density at radius 1 is 1.50 bits per heavy atom. The average molecular weight is 200 g/mol. The second-order valence-electron chi connectivity index (χ2n) is 3.19. The quantitative estimate of drug-likeness (QED) is 0.745. The molecule has 0 aliphatic heterocycles. The van der Waals surface area contributed by atoms with Crippen LogP contribution in [0.15, 0.2) is 12.3 Å². The Kier molecular flexibility index (Phi) is 3.80. The van der Waals surface area contributed by atoms with Crippen molar-refractivity contribution in [1.29, 1.82) is 0 Å². The van der Waals surface area contributed by atoms with E-state index in [0.29, 0.717) is 0 Å². The monoisotopic (exact) mass is 200 g/mol. The van der Waals surface area contributed by atoms with E-state index in [1.165, 1.54) is 6.20 Å². The van der Waals surface area contributed by atoms with E-state index >= 15 is 0 Å². The van der Waals surface area contributed by atoms with Gasteiger partial charge in [-0.1, -0.05) is 13.8 Å². The molecular weight excluding hydrogens is 188 g/mol. The molecule has 14 heavy (non-hydrogen) atoms. The molecule has 0 aliphatic carbocycles. The lowest BCUT2D eigenvalue weighted by molar-refractivity contribution is 0.0789. The van der Waals surface area contributed by atoms with Crippen LogP contribution in [-0.4, -0.2) is 18.0 Å². The molecular formula is C10H12F2NO. The van der Waals surface area contributed by atoms with E-state index < -0.39 is 13.0 Å². The smallest absolute Gasteiger partial charge is 0.272 e. The summed E-state index contributed by atoms with van der Waals surface area (Å²) in [7, 11) is 0. The van der Waals surface area contributed by atoms with Crippen molar-refractivity contribution in [2.45, 2.75) is 26.2 Å². The van der Waals surface area contributed by atoms with Crippen LogP contribution in [0.25, 0.3) is 0 Å². The number of ether oxygens (including phenoxy) is 1. The molecule has 1 aromatic rings. The second-order valence-corrected chi connectivity index (χ2v) is 3.19. The van der Waals surface area contributed by atoms with E-state index in [-0.39, 0.29) is 11.8 Å². The molecule has 1 heterocycles. The Balaban J connectivity index is 2.74. The predicted octanol–water partition coefficient (Wildman–Crippen LogP) is 2.65. The minimum atomic E-state index is -2.47. The van der Waals surface area contributed by atoms with Crippen LogP contribution in [0.2, 0.25) is 0 Å². The third-order valence-electron chi connectivity index (χ3n) is 1.71. The molecule has 2 nitrogen and oxygen atoms in total. The van der Waals surface area contributed by atoms with Crippen LogP contribution in [-0.2, 0) is 0 Å². The highest BCUT2D eigenvalue weighted by molar-refractivity contribution is 5.27. The van der Waals surface area contributed by atoms with Crippen molar-refractivity contribution >= 4 is 0 Å². The van der Waals surface area contributed by atoms with Crippen molar-refractivity contribution in [3.63, 3.8) is 0 Å². The van der Waals surface area contributed by atoms with Crippen LogP contribution in [0.3, 0.4) is 0 Å². The second kappa shape index (κ2) is 4.88. The standard InChI is InChI=1S/C10H12F2NO/c1-7(2)8-4-3-5-13-10(8)14-6-9(11)12/h4-5,7,9H,6H2,1-2H3. The first-order valence-electron chi connectivity index (χ1n) is 4.38. The average Bonchev–Trinajstić information content (AvgIpc) is 2.15. The van der Waals surface area contributed by atoms with Crippen LogP contribution in [0.5, 0.6) is 5.88 Å². The van der Waals surface area contributed by atoms with Gasteiger partial charge < -0.3 is 4.74 Å². The SMILES string of the molecule is CC(C)c1c[c]cnc1OCC(F)F. The van der Waals surface area contributed by atoms with Gasteiger partial charge in [0.1, 0.15) is 0 Å². The zero-order valence-corrected chi connectivity index (χ0v) is 8.13. The van der Waals surface area contributed by atoms with E-state index in [4.69, 9.17) is 4.74 Å². The molecule has 4 heteroatoms. The first-order valence-corrected chi connectivity index (χ1v) is 4.38. The highest BCUT2D eigenvalue weighted by Gasteiger charge is 2.10. The summed E-state index contributed by atoms with van der Waals surface area (Å²) in [6, 6.07) is 4.50.